The molecule has 6 nitrogen and oxygen atoms in total. The predicted molar refractivity (Wildman–Crippen MR) is 73.2 cm³/mol. The van der Waals surface area contributed by atoms with E-state index in [2.05, 4.69) is 10.3 Å². The SMILES string of the molecule is CC(C)(C)[C@H](N)C(=O)NCCc1nc(C(=O)O)cs1. The molecule has 0 aliphatic heterocycles. The number of thiazole rings is 1. The molecule has 0 saturated carbocycles. The van der Waals surface area contributed by atoms with Crippen LogP contribution in [0, 0.1) is 5.41 Å². The number of nitrogens with one attached hydrogen (secondary N) is 1. The number of amides is 1. The molecule has 1 aromatic rings. The molecule has 7 heteroatoms. The molecule has 0 spiro atoms. The molecule has 19 heavy (non-hydrogen) atoms. The molecule has 0 unspecified atom stereocenters. The number of aromatic carboxylic acids is 1. The Bertz CT molecular complexity index is 465. The van der Waals surface area contributed by atoms with Crippen LogP contribution in [0.2, 0.25) is 0 Å². The van der Waals surface area contributed by atoms with Crippen molar-refractivity contribution in [1.29, 1.82) is 0 Å². The molecule has 1 atom stereocenters. The zero-order valence-electron chi connectivity index (χ0n) is 11.3. The second-order valence-electron chi connectivity index (χ2n) is 5.32. The highest BCUT2D eigenvalue weighted by Gasteiger charge is 2.27. The largest absolute Gasteiger partial charge is 0.476 e. The Morgan fingerprint density at radius 2 is 2.16 bits per heavy atom. The van der Waals surface area contributed by atoms with Gasteiger partial charge in [-0.15, -0.1) is 11.3 Å². The third kappa shape index (κ3) is 4.60. The van der Waals surface area contributed by atoms with Crippen LogP contribution < -0.4 is 11.1 Å². The van der Waals surface area contributed by atoms with Gasteiger partial charge in [-0.05, 0) is 5.41 Å². The van der Waals surface area contributed by atoms with E-state index in [4.69, 9.17) is 10.8 Å². The highest BCUT2D eigenvalue weighted by atomic mass is 32.1. The molecule has 0 aliphatic rings. The van der Waals surface area contributed by atoms with E-state index in [0.717, 1.165) is 0 Å². The van der Waals surface area contributed by atoms with Gasteiger partial charge in [-0.25, -0.2) is 9.78 Å². The van der Waals surface area contributed by atoms with E-state index >= 15 is 0 Å². The number of carbonyl (C=O) groups excluding carboxylic acids is 1. The van der Waals surface area contributed by atoms with Gasteiger partial charge in [-0.1, -0.05) is 20.8 Å². The zero-order valence-corrected chi connectivity index (χ0v) is 12.1. The first-order chi connectivity index (χ1) is 8.71. The van der Waals surface area contributed by atoms with Crippen molar-refractivity contribution in [2.24, 2.45) is 11.1 Å². The summed E-state index contributed by atoms with van der Waals surface area (Å²) >= 11 is 1.27. The Labute approximate surface area is 116 Å². The monoisotopic (exact) mass is 285 g/mol. The number of aromatic nitrogens is 1. The Kier molecular flexibility index (Phi) is 5.02. The molecule has 1 aromatic heterocycles. The van der Waals surface area contributed by atoms with Gasteiger partial charge < -0.3 is 16.2 Å². The standard InChI is InChI=1S/C12H19N3O3S/c1-12(2,3)9(13)10(16)14-5-4-8-15-7(6-19-8)11(17)18/h6,9H,4-5,13H2,1-3H3,(H,14,16)(H,17,18)/t9-/m1/s1. The first kappa shape index (κ1) is 15.6. The van der Waals surface area contributed by atoms with Crippen LogP contribution in [0.15, 0.2) is 5.38 Å². The number of hydrogen-bond acceptors (Lipinski definition) is 5. The Morgan fingerprint density at radius 1 is 1.53 bits per heavy atom. The summed E-state index contributed by atoms with van der Waals surface area (Å²) in [4.78, 5) is 26.3. The molecule has 4 N–H and O–H groups in total. The normalized spacial score (nSPS) is 13.1. The number of carboxylic acids is 1. The number of carboxylic acid groups (broad SMARTS) is 1. The molecular weight excluding hydrogens is 266 g/mol. The van der Waals surface area contributed by atoms with E-state index in [1.54, 1.807) is 0 Å². The molecule has 0 aliphatic carbocycles. The molecule has 0 bridgehead atoms. The van der Waals surface area contributed by atoms with Crippen LogP contribution in [-0.4, -0.2) is 34.6 Å². The van der Waals surface area contributed by atoms with Gasteiger partial charge >= 0.3 is 5.97 Å². The van der Waals surface area contributed by atoms with E-state index in [1.165, 1.54) is 16.7 Å². The number of nitrogens with two attached hydrogens (primary N) is 1. The maximum absolute atomic E-state index is 11.7. The van der Waals surface area contributed by atoms with Gasteiger partial charge in [-0.2, -0.15) is 0 Å². The zero-order chi connectivity index (χ0) is 14.6. The molecule has 0 fully saturated rings. The minimum atomic E-state index is -1.04. The summed E-state index contributed by atoms with van der Waals surface area (Å²) < 4.78 is 0. The van der Waals surface area contributed by atoms with E-state index in [-0.39, 0.29) is 17.0 Å². The Hall–Kier alpha value is -1.47. The highest BCUT2D eigenvalue weighted by molar-refractivity contribution is 7.09. The summed E-state index contributed by atoms with van der Waals surface area (Å²) in [6.45, 7) is 6.10. The Morgan fingerprint density at radius 3 is 2.63 bits per heavy atom. The van der Waals surface area contributed by atoms with Gasteiger partial charge in [-0.3, -0.25) is 4.79 Å². The number of hydrogen-bond donors (Lipinski definition) is 3. The van der Waals surface area contributed by atoms with Gasteiger partial charge in [0.05, 0.1) is 11.0 Å². The van der Waals surface area contributed by atoms with Crippen molar-refractivity contribution in [3.63, 3.8) is 0 Å². The summed E-state index contributed by atoms with van der Waals surface area (Å²) in [7, 11) is 0. The van der Waals surface area contributed by atoms with Crippen molar-refractivity contribution in [3.05, 3.63) is 16.1 Å². The second kappa shape index (κ2) is 6.12. The fourth-order valence-corrected chi connectivity index (χ4v) is 2.09. The van der Waals surface area contributed by atoms with E-state index < -0.39 is 12.0 Å². The lowest BCUT2D eigenvalue weighted by molar-refractivity contribution is -0.124. The average Bonchev–Trinajstić information content (AvgIpc) is 2.75. The molecule has 0 saturated heterocycles. The third-order valence-corrected chi connectivity index (χ3v) is 3.53. The maximum atomic E-state index is 11.7. The summed E-state index contributed by atoms with van der Waals surface area (Å²) in [6.07, 6.45) is 0.501. The van der Waals surface area contributed by atoms with Crippen molar-refractivity contribution in [2.75, 3.05) is 6.54 Å². The molecule has 0 radical (unpaired) electrons. The van der Waals surface area contributed by atoms with Gasteiger partial charge in [0.1, 0.15) is 0 Å². The average molecular weight is 285 g/mol. The minimum absolute atomic E-state index is 0.0396. The second-order valence-corrected chi connectivity index (χ2v) is 6.26. The van der Waals surface area contributed by atoms with Gasteiger partial charge in [0.2, 0.25) is 5.91 Å². The first-order valence-corrected chi connectivity index (χ1v) is 6.81. The fourth-order valence-electron chi connectivity index (χ4n) is 1.32. The molecule has 1 rings (SSSR count). The topological polar surface area (TPSA) is 105 Å². The minimum Gasteiger partial charge on any atom is -0.476 e. The number of rotatable bonds is 5. The van der Waals surface area contributed by atoms with Crippen LogP contribution >= 0.6 is 11.3 Å². The third-order valence-electron chi connectivity index (χ3n) is 2.62. The van der Waals surface area contributed by atoms with E-state index in [9.17, 15) is 9.59 Å². The summed E-state index contributed by atoms with van der Waals surface area (Å²) in [5, 5.41) is 13.6. The van der Waals surface area contributed by atoms with Crippen molar-refractivity contribution in [2.45, 2.75) is 33.2 Å². The smallest absolute Gasteiger partial charge is 0.355 e. The van der Waals surface area contributed by atoms with Crippen molar-refractivity contribution in [1.82, 2.24) is 10.3 Å². The van der Waals surface area contributed by atoms with Crippen LogP contribution in [0.25, 0.3) is 0 Å². The maximum Gasteiger partial charge on any atom is 0.355 e. The number of carbonyl (C=O) groups is 2. The summed E-state index contributed by atoms with van der Waals surface area (Å²) in [5.41, 5.74) is 5.56. The van der Waals surface area contributed by atoms with Gasteiger partial charge in [0.15, 0.2) is 5.69 Å². The fraction of sp³-hybridized carbons (Fsp3) is 0.583. The Balaban J connectivity index is 2.42. The number of nitrogens with zero attached hydrogens (tertiary/aromatic N) is 1. The predicted octanol–water partition coefficient (Wildman–Crippen LogP) is 0.873. The summed E-state index contributed by atoms with van der Waals surface area (Å²) in [6, 6.07) is -0.571. The molecule has 1 heterocycles. The first-order valence-electron chi connectivity index (χ1n) is 5.93. The molecule has 106 valence electrons. The van der Waals surface area contributed by atoms with Crippen LogP contribution in [-0.2, 0) is 11.2 Å². The van der Waals surface area contributed by atoms with Crippen molar-refractivity contribution < 1.29 is 14.7 Å². The lowest BCUT2D eigenvalue weighted by atomic mass is 9.87. The van der Waals surface area contributed by atoms with Crippen LogP contribution in [0.1, 0.15) is 36.3 Å². The van der Waals surface area contributed by atoms with Crippen LogP contribution in [0.5, 0.6) is 0 Å². The lowest BCUT2D eigenvalue weighted by Gasteiger charge is -2.25. The quantitative estimate of drug-likeness (QED) is 0.744. The van der Waals surface area contributed by atoms with E-state index in [0.29, 0.717) is 18.0 Å². The summed E-state index contributed by atoms with van der Waals surface area (Å²) in [5.74, 6) is -1.25. The highest BCUT2D eigenvalue weighted by Crippen LogP contribution is 2.17. The van der Waals surface area contributed by atoms with Gasteiger partial charge in [0, 0.05) is 18.3 Å². The van der Waals surface area contributed by atoms with Crippen molar-refractivity contribution >= 4 is 23.2 Å². The van der Waals surface area contributed by atoms with Crippen LogP contribution in [0.4, 0.5) is 0 Å². The van der Waals surface area contributed by atoms with Crippen LogP contribution in [0.3, 0.4) is 0 Å². The molecule has 0 aromatic carbocycles. The van der Waals surface area contributed by atoms with Crippen molar-refractivity contribution in [3.8, 4) is 0 Å². The molecular formula is C12H19N3O3S. The lowest BCUT2D eigenvalue weighted by Crippen LogP contribution is -2.48. The van der Waals surface area contributed by atoms with Gasteiger partial charge in [0.25, 0.3) is 0 Å². The molecule has 1 amide bonds. The van der Waals surface area contributed by atoms with E-state index in [1.807, 2.05) is 20.8 Å².